The van der Waals surface area contributed by atoms with Crippen molar-refractivity contribution in [1.29, 1.82) is 0 Å². The van der Waals surface area contributed by atoms with Gasteiger partial charge in [0.2, 0.25) is 0 Å². The Morgan fingerprint density at radius 3 is 1.92 bits per heavy atom. The van der Waals surface area contributed by atoms with Crippen molar-refractivity contribution in [2.24, 2.45) is 50.2 Å². The van der Waals surface area contributed by atoms with Crippen LogP contribution < -0.4 is 0 Å². The van der Waals surface area contributed by atoms with Gasteiger partial charge in [-0.3, -0.25) is 18.7 Å². The molecule has 73 heavy (non-hydrogen) atoms. The Kier molecular flexibility index (Phi) is 13.5. The molecule has 6 aliphatic rings. The van der Waals surface area contributed by atoms with Gasteiger partial charge in [-0.25, -0.2) is 0 Å². The van der Waals surface area contributed by atoms with Gasteiger partial charge in [0, 0.05) is 59.3 Å². The number of rotatable bonds is 5. The van der Waals surface area contributed by atoms with Crippen LogP contribution in [0.3, 0.4) is 0 Å². The van der Waals surface area contributed by atoms with E-state index >= 15 is 0 Å². The van der Waals surface area contributed by atoms with E-state index in [0.29, 0.717) is 12.3 Å². The summed E-state index contributed by atoms with van der Waals surface area (Å²) in [5.41, 5.74) is 5.94. The van der Waals surface area contributed by atoms with Crippen LogP contribution in [0.1, 0.15) is 123 Å². The number of fused-ring (bicyclic) bond motifs is 11. The van der Waals surface area contributed by atoms with Crippen molar-refractivity contribution in [3.05, 3.63) is 119 Å². The molecule has 0 amide bonds. The molecule has 11 rings (SSSR count). The van der Waals surface area contributed by atoms with Gasteiger partial charge >= 0.3 is 5.97 Å². The predicted molar refractivity (Wildman–Crippen MR) is 284 cm³/mol. The number of likely N-dealkylation sites (N-methyl/N-ethyl adjacent to an activating group) is 1. The van der Waals surface area contributed by atoms with E-state index in [1.54, 1.807) is 0 Å². The third-order valence-corrected chi connectivity index (χ3v) is 21.8. The van der Waals surface area contributed by atoms with E-state index < -0.39 is 41.4 Å². The summed E-state index contributed by atoms with van der Waals surface area (Å²) in [7, 11) is -6.72. The first kappa shape index (κ1) is 53.1. The molecule has 1 aliphatic heterocycles. The highest BCUT2D eigenvalue weighted by molar-refractivity contribution is 7.86. The molecule has 12 nitrogen and oxygen atoms in total. The maximum absolute atomic E-state index is 14.2. The fraction of sp³-hybridized carbons (Fsp3) is 0.525. The Morgan fingerprint density at radius 2 is 1.30 bits per heavy atom. The lowest BCUT2D eigenvalue weighted by Crippen LogP contribution is -2.66. The monoisotopic (exact) mass is 1030 g/mol. The highest BCUT2D eigenvalue weighted by Gasteiger charge is 2.70. The number of ketones is 1. The molecule has 4 saturated carbocycles. The maximum atomic E-state index is 14.2. The SMILES string of the molecule is CC1(C(=O)O)CCC2(C)CCC3(C)C(=CC(=O)C4C5(C)CCC(O)C(C)(C)C5CCC43C)C2C1.CN1CCc2c(c3ccccc3n2Cc2ccccc2)C1.O=S(=O)(O)c1cccc2c(S(=O)(=O)O)cccc12. The minimum Gasteiger partial charge on any atom is -0.481 e. The molecule has 0 radical (unpaired) electrons. The van der Waals surface area contributed by atoms with E-state index in [2.05, 4.69) is 113 Å². The average Bonchev–Trinajstić information content (AvgIpc) is 3.63. The molecule has 1 aromatic heterocycles. The number of carbonyl (C=O) groups is 2. The number of carboxylic acids is 1. The van der Waals surface area contributed by atoms with Gasteiger partial charge in [0.1, 0.15) is 9.79 Å². The first-order valence-electron chi connectivity index (χ1n) is 26.0. The largest absolute Gasteiger partial charge is 0.481 e. The fourth-order valence-corrected chi connectivity index (χ4v) is 17.0. The lowest BCUT2D eigenvalue weighted by atomic mass is 9.33. The summed E-state index contributed by atoms with van der Waals surface area (Å²) >= 11 is 0. The van der Waals surface area contributed by atoms with Gasteiger partial charge < -0.3 is 19.7 Å². The van der Waals surface area contributed by atoms with Gasteiger partial charge in [0.15, 0.2) is 5.78 Å². The van der Waals surface area contributed by atoms with Gasteiger partial charge in [-0.15, -0.1) is 0 Å². The standard InChI is InChI=1S/C30H46O4.C19H20N2.C10H8O6S2/c1-25(2)21-8-11-30(7)23(28(21,5)10-9-22(25)32)20(31)16-18-19-17-27(4,24(33)34)13-12-26(19,3)14-15-29(18,30)6;1-20-12-11-19-17(14-20)16-9-5-6-10-18(16)21(19)13-15-7-3-2-4-8-15;11-17(12,13)9-5-1-3-7-8(9)4-2-6-10(7)18(14,15)16/h16,19,21-23,32H,8-15,17H2,1-7H3,(H,33,34);2-10H,11-14H2,1H3;1-6H,(H,11,12,13)(H,14,15,16). The molecular weight excluding hydrogens is 961 g/mol. The molecular formula is C59H74N2O10S2. The summed E-state index contributed by atoms with van der Waals surface area (Å²) in [6.45, 7) is 19.0. The van der Waals surface area contributed by atoms with Crippen LogP contribution in [-0.4, -0.2) is 77.1 Å². The molecule has 4 aromatic carbocycles. The van der Waals surface area contributed by atoms with Crippen molar-refractivity contribution in [3.8, 4) is 0 Å². The minimum absolute atomic E-state index is 0.0233. The van der Waals surface area contributed by atoms with Gasteiger partial charge in [-0.05, 0) is 146 Å². The predicted octanol–water partition coefficient (Wildman–Crippen LogP) is 11.4. The van der Waals surface area contributed by atoms with Crippen LogP contribution in [0, 0.1) is 50.2 Å². The van der Waals surface area contributed by atoms with Crippen molar-refractivity contribution in [1.82, 2.24) is 9.47 Å². The van der Waals surface area contributed by atoms with Gasteiger partial charge in [0.05, 0.1) is 11.5 Å². The minimum atomic E-state index is -4.47. The molecule has 5 aromatic rings. The van der Waals surface area contributed by atoms with E-state index in [1.165, 1.54) is 57.6 Å². The Balaban J connectivity index is 0.000000144. The van der Waals surface area contributed by atoms with Crippen LogP contribution >= 0.6 is 0 Å². The molecule has 4 fully saturated rings. The molecule has 0 bridgehead atoms. The van der Waals surface area contributed by atoms with Gasteiger partial charge in [-0.2, -0.15) is 16.8 Å². The fourth-order valence-electron chi connectivity index (χ4n) is 15.5. The summed E-state index contributed by atoms with van der Waals surface area (Å²) < 4.78 is 65.2. The highest BCUT2D eigenvalue weighted by atomic mass is 32.2. The summed E-state index contributed by atoms with van der Waals surface area (Å²) in [6, 6.07) is 27.1. The van der Waals surface area contributed by atoms with Crippen molar-refractivity contribution < 1.29 is 45.7 Å². The topological polar surface area (TPSA) is 192 Å². The Bertz CT molecular complexity index is 3190. The number of hydrogen-bond acceptors (Lipinski definition) is 8. The summed E-state index contributed by atoms with van der Waals surface area (Å²) in [5, 5.41) is 22.4. The van der Waals surface area contributed by atoms with E-state index in [0.717, 1.165) is 89.6 Å². The van der Waals surface area contributed by atoms with Crippen LogP contribution in [-0.2, 0) is 49.3 Å². The maximum Gasteiger partial charge on any atom is 0.309 e. The number of carbonyl (C=O) groups excluding carboxylic acids is 1. The zero-order valence-corrected chi connectivity index (χ0v) is 45.3. The van der Waals surface area contributed by atoms with Crippen LogP contribution in [0.15, 0.2) is 112 Å². The lowest BCUT2D eigenvalue weighted by Gasteiger charge is -2.70. The number of aliphatic carboxylic acids is 1. The van der Waals surface area contributed by atoms with E-state index in [1.807, 2.05) is 13.0 Å². The second-order valence-electron chi connectivity index (χ2n) is 24.5. The Hall–Kier alpha value is -4.70. The van der Waals surface area contributed by atoms with Gasteiger partial charge in [-0.1, -0.05) is 120 Å². The molecule has 9 atom stereocenters. The summed E-state index contributed by atoms with van der Waals surface area (Å²) in [5.74, 6) is 0.0603. The highest BCUT2D eigenvalue weighted by Crippen LogP contribution is 2.75. The van der Waals surface area contributed by atoms with E-state index in [-0.39, 0.29) is 61.6 Å². The Labute approximate surface area is 431 Å². The third kappa shape index (κ3) is 8.93. The number of benzene rings is 4. The molecule has 392 valence electrons. The lowest BCUT2D eigenvalue weighted by molar-refractivity contribution is -0.202. The zero-order chi connectivity index (χ0) is 52.9. The average molecular weight is 1040 g/mol. The number of aromatic nitrogens is 1. The van der Waals surface area contributed by atoms with E-state index in [4.69, 9.17) is 9.11 Å². The quantitative estimate of drug-likeness (QED) is 0.123. The summed E-state index contributed by atoms with van der Waals surface area (Å²) in [4.78, 5) is 28.0. The van der Waals surface area contributed by atoms with Crippen LogP contribution in [0.5, 0.6) is 0 Å². The molecule has 0 saturated heterocycles. The van der Waals surface area contributed by atoms with Crippen molar-refractivity contribution in [2.45, 2.75) is 142 Å². The summed E-state index contributed by atoms with van der Waals surface area (Å²) in [6.07, 6.45) is 11.1. The number of carboxylic acid groups (broad SMARTS) is 1. The number of allylic oxidation sites excluding steroid dienone is 2. The first-order valence-corrected chi connectivity index (χ1v) is 28.9. The second kappa shape index (κ2) is 18.5. The molecule has 5 aliphatic carbocycles. The number of aliphatic hydroxyl groups is 1. The van der Waals surface area contributed by atoms with Gasteiger partial charge in [0.25, 0.3) is 20.2 Å². The zero-order valence-electron chi connectivity index (χ0n) is 43.7. The Morgan fingerprint density at radius 1 is 0.712 bits per heavy atom. The van der Waals surface area contributed by atoms with Crippen LogP contribution in [0.25, 0.3) is 21.7 Å². The van der Waals surface area contributed by atoms with Crippen LogP contribution in [0.2, 0.25) is 0 Å². The second-order valence-corrected chi connectivity index (χ2v) is 27.3. The van der Waals surface area contributed by atoms with Crippen molar-refractivity contribution >= 4 is 53.7 Å². The van der Waals surface area contributed by atoms with Crippen molar-refractivity contribution in [3.63, 3.8) is 0 Å². The molecule has 2 heterocycles. The third-order valence-electron chi connectivity index (χ3n) is 20.0. The normalized spacial score (nSPS) is 32.8. The molecule has 0 spiro atoms. The van der Waals surface area contributed by atoms with Crippen molar-refractivity contribution in [2.75, 3.05) is 13.6 Å². The number of para-hydroxylation sites is 1. The molecule has 9 unspecified atom stereocenters. The molecule has 4 N–H and O–H groups in total. The number of aliphatic hydroxyl groups excluding tert-OH is 1. The van der Waals surface area contributed by atoms with Crippen LogP contribution in [0.4, 0.5) is 0 Å². The molecule has 14 heteroatoms. The first-order chi connectivity index (χ1) is 34.1. The smallest absolute Gasteiger partial charge is 0.309 e. The number of nitrogens with zero attached hydrogens (tertiary/aromatic N) is 2. The van der Waals surface area contributed by atoms with E-state index in [9.17, 15) is 36.6 Å². The number of hydrogen-bond donors (Lipinski definition) is 4.